The van der Waals surface area contributed by atoms with Gasteiger partial charge in [0.2, 0.25) is 0 Å². The number of Topliss-reactive ketones (excluding diaryl/α,β-unsaturated/α-hetero) is 1. The molecule has 0 atom stereocenters. The summed E-state index contributed by atoms with van der Waals surface area (Å²) in [6, 6.07) is 1.65. The molecule has 1 aliphatic rings. The second kappa shape index (κ2) is 3.14. The highest BCUT2D eigenvalue weighted by molar-refractivity contribution is 6.02. The summed E-state index contributed by atoms with van der Waals surface area (Å²) in [6.07, 6.45) is 3.13. The lowest BCUT2D eigenvalue weighted by Crippen LogP contribution is -2.46. The first-order chi connectivity index (χ1) is 6.29. The Bertz CT molecular complexity index is 333. The monoisotopic (exact) mass is 177 g/mol. The lowest BCUT2D eigenvalue weighted by atomic mass is 9.93. The smallest absolute Gasteiger partial charge is 0.172 e. The lowest BCUT2D eigenvalue weighted by Gasteiger charge is -2.25. The molecule has 0 radical (unpaired) electrons. The molecule has 4 nitrogen and oxygen atoms in total. The van der Waals surface area contributed by atoms with Crippen LogP contribution in [0.25, 0.3) is 0 Å². The fraction of sp³-hybridized carbons (Fsp3) is 0.333. The van der Waals surface area contributed by atoms with Crippen molar-refractivity contribution in [3.05, 3.63) is 24.0 Å². The number of carbonyl (C=O) groups excluding carboxylic acids is 1. The van der Waals surface area contributed by atoms with Gasteiger partial charge in [0.1, 0.15) is 0 Å². The van der Waals surface area contributed by atoms with Crippen LogP contribution in [-0.2, 0) is 0 Å². The summed E-state index contributed by atoms with van der Waals surface area (Å²) in [5, 5.41) is 3.05. The Labute approximate surface area is 76.2 Å². The largest absolute Gasteiger partial charge is 0.398 e. The molecule has 3 N–H and O–H groups in total. The molecule has 13 heavy (non-hydrogen) atoms. The molecule has 1 saturated heterocycles. The molecule has 4 heteroatoms. The van der Waals surface area contributed by atoms with E-state index in [1.165, 1.54) is 6.20 Å². The van der Waals surface area contributed by atoms with E-state index in [1.807, 2.05) is 0 Å². The molecule has 0 aromatic carbocycles. The highest BCUT2D eigenvalue weighted by Crippen LogP contribution is 2.16. The third kappa shape index (κ3) is 1.40. The molecule has 1 aromatic heterocycles. The summed E-state index contributed by atoms with van der Waals surface area (Å²) in [6.45, 7) is 1.51. The van der Waals surface area contributed by atoms with E-state index >= 15 is 0 Å². The van der Waals surface area contributed by atoms with Gasteiger partial charge in [-0.25, -0.2) is 0 Å². The fourth-order valence-corrected chi connectivity index (χ4v) is 1.31. The number of hydrogen-bond acceptors (Lipinski definition) is 4. The van der Waals surface area contributed by atoms with Crippen molar-refractivity contribution in [2.75, 3.05) is 18.8 Å². The Morgan fingerprint density at radius 2 is 2.38 bits per heavy atom. The number of carbonyl (C=O) groups is 1. The van der Waals surface area contributed by atoms with E-state index in [0.717, 1.165) is 13.1 Å². The standard InChI is InChI=1S/C9H11N3O/c10-8-1-2-11-5-7(8)9(13)6-3-12-4-6/h1-2,5-6,12H,3-4H2,(H2,10,11). The maximum Gasteiger partial charge on any atom is 0.172 e. The van der Waals surface area contributed by atoms with Crippen LogP contribution >= 0.6 is 0 Å². The minimum absolute atomic E-state index is 0.0894. The van der Waals surface area contributed by atoms with E-state index in [9.17, 15) is 4.79 Å². The van der Waals surface area contributed by atoms with Crippen LogP contribution in [0.4, 0.5) is 5.69 Å². The third-order valence-corrected chi connectivity index (χ3v) is 2.27. The highest BCUT2D eigenvalue weighted by Gasteiger charge is 2.26. The molecule has 2 heterocycles. The molecule has 0 spiro atoms. The van der Waals surface area contributed by atoms with Crippen molar-refractivity contribution in [1.29, 1.82) is 0 Å². The number of anilines is 1. The third-order valence-electron chi connectivity index (χ3n) is 2.27. The number of nitrogen functional groups attached to an aromatic ring is 1. The van der Waals surface area contributed by atoms with E-state index in [4.69, 9.17) is 5.73 Å². The van der Waals surface area contributed by atoms with Crippen molar-refractivity contribution in [2.45, 2.75) is 0 Å². The fourth-order valence-electron chi connectivity index (χ4n) is 1.31. The molecule has 1 fully saturated rings. The van der Waals surface area contributed by atoms with Gasteiger partial charge in [-0.2, -0.15) is 0 Å². The Balaban J connectivity index is 2.24. The van der Waals surface area contributed by atoms with Crippen LogP contribution in [0.1, 0.15) is 10.4 Å². The van der Waals surface area contributed by atoms with E-state index < -0.39 is 0 Å². The SMILES string of the molecule is Nc1ccncc1C(=O)C1CNC1. The molecule has 68 valence electrons. The number of hydrogen-bond donors (Lipinski definition) is 2. The van der Waals surface area contributed by atoms with Gasteiger partial charge >= 0.3 is 0 Å². The van der Waals surface area contributed by atoms with Gasteiger partial charge in [0.15, 0.2) is 5.78 Å². The summed E-state index contributed by atoms with van der Waals surface area (Å²) >= 11 is 0. The number of nitrogens with two attached hydrogens (primary N) is 1. The second-order valence-electron chi connectivity index (χ2n) is 3.18. The minimum atomic E-state index is 0.0894. The van der Waals surface area contributed by atoms with Crippen molar-refractivity contribution < 1.29 is 4.79 Å². The molecule has 0 bridgehead atoms. The van der Waals surface area contributed by atoms with Crippen molar-refractivity contribution >= 4 is 11.5 Å². The van der Waals surface area contributed by atoms with Crippen LogP contribution < -0.4 is 11.1 Å². The normalized spacial score (nSPS) is 16.6. The zero-order valence-corrected chi connectivity index (χ0v) is 7.16. The molecule has 2 rings (SSSR count). The minimum Gasteiger partial charge on any atom is -0.398 e. The van der Waals surface area contributed by atoms with Gasteiger partial charge in [0.25, 0.3) is 0 Å². The van der Waals surface area contributed by atoms with Crippen LogP contribution in [0.5, 0.6) is 0 Å². The molecule has 0 aliphatic carbocycles. The lowest BCUT2D eigenvalue weighted by molar-refractivity contribution is 0.0878. The van der Waals surface area contributed by atoms with Gasteiger partial charge in [0.05, 0.1) is 5.56 Å². The molecule has 0 amide bonds. The van der Waals surface area contributed by atoms with Gasteiger partial charge < -0.3 is 11.1 Å². The summed E-state index contributed by atoms with van der Waals surface area (Å²) < 4.78 is 0. The Kier molecular flexibility index (Phi) is 1.98. The number of aromatic nitrogens is 1. The Morgan fingerprint density at radius 3 is 2.92 bits per heavy atom. The summed E-state index contributed by atoms with van der Waals surface area (Å²) in [4.78, 5) is 15.6. The van der Waals surface area contributed by atoms with Crippen molar-refractivity contribution in [2.24, 2.45) is 5.92 Å². The number of nitrogens with zero attached hydrogens (tertiary/aromatic N) is 1. The van der Waals surface area contributed by atoms with E-state index in [2.05, 4.69) is 10.3 Å². The molecule has 1 aromatic rings. The first kappa shape index (κ1) is 8.19. The topological polar surface area (TPSA) is 68.0 Å². The predicted molar refractivity (Wildman–Crippen MR) is 49.3 cm³/mol. The Hall–Kier alpha value is -1.42. The average Bonchev–Trinajstić information content (AvgIpc) is 2.01. The Morgan fingerprint density at radius 1 is 1.62 bits per heavy atom. The number of rotatable bonds is 2. The first-order valence-electron chi connectivity index (χ1n) is 4.23. The average molecular weight is 177 g/mol. The van der Waals surface area contributed by atoms with Crippen molar-refractivity contribution in [3.63, 3.8) is 0 Å². The second-order valence-corrected chi connectivity index (χ2v) is 3.18. The quantitative estimate of drug-likeness (QED) is 0.627. The maximum atomic E-state index is 11.7. The zero-order chi connectivity index (χ0) is 9.26. The van der Waals surface area contributed by atoms with Crippen LogP contribution in [0.3, 0.4) is 0 Å². The van der Waals surface area contributed by atoms with Crippen molar-refractivity contribution in [3.8, 4) is 0 Å². The summed E-state index contributed by atoms with van der Waals surface area (Å²) in [7, 11) is 0. The number of ketones is 1. The van der Waals surface area contributed by atoms with Gasteiger partial charge in [-0.15, -0.1) is 0 Å². The van der Waals surface area contributed by atoms with Crippen LogP contribution in [-0.4, -0.2) is 23.9 Å². The predicted octanol–water partition coefficient (Wildman–Crippen LogP) is 0.0659. The van der Waals surface area contributed by atoms with Crippen LogP contribution in [0, 0.1) is 5.92 Å². The summed E-state index contributed by atoms with van der Waals surface area (Å²) in [5.41, 5.74) is 6.73. The van der Waals surface area contributed by atoms with Gasteiger partial charge in [-0.1, -0.05) is 0 Å². The van der Waals surface area contributed by atoms with Crippen LogP contribution in [0.15, 0.2) is 18.5 Å². The molecular formula is C9H11N3O. The summed E-state index contributed by atoms with van der Waals surface area (Å²) in [5.74, 6) is 0.191. The number of nitrogens with one attached hydrogen (secondary N) is 1. The molecule has 0 saturated carbocycles. The molecular weight excluding hydrogens is 166 g/mol. The molecule has 1 aliphatic heterocycles. The van der Waals surface area contributed by atoms with E-state index in [0.29, 0.717) is 11.3 Å². The maximum absolute atomic E-state index is 11.7. The van der Waals surface area contributed by atoms with Crippen molar-refractivity contribution in [1.82, 2.24) is 10.3 Å². The van der Waals surface area contributed by atoms with Gasteiger partial charge in [0, 0.05) is 37.1 Å². The number of pyridine rings is 1. The molecule has 0 unspecified atom stereocenters. The highest BCUT2D eigenvalue weighted by atomic mass is 16.1. The van der Waals surface area contributed by atoms with E-state index in [-0.39, 0.29) is 11.7 Å². The van der Waals surface area contributed by atoms with Gasteiger partial charge in [-0.3, -0.25) is 9.78 Å². The zero-order valence-electron chi connectivity index (χ0n) is 7.16. The van der Waals surface area contributed by atoms with Crippen LogP contribution in [0.2, 0.25) is 0 Å². The van der Waals surface area contributed by atoms with Gasteiger partial charge in [-0.05, 0) is 6.07 Å². The van der Waals surface area contributed by atoms with E-state index in [1.54, 1.807) is 12.3 Å². The first-order valence-corrected chi connectivity index (χ1v) is 4.23.